The zero-order chi connectivity index (χ0) is 19.6. The van der Waals surface area contributed by atoms with E-state index < -0.39 is 0 Å². The van der Waals surface area contributed by atoms with Crippen LogP contribution in [0.5, 0.6) is 5.75 Å². The zero-order valence-corrected chi connectivity index (χ0v) is 15.8. The van der Waals surface area contributed by atoms with Crippen LogP contribution in [-0.2, 0) is 20.7 Å². The van der Waals surface area contributed by atoms with Gasteiger partial charge in [-0.3, -0.25) is 9.59 Å². The Kier molecular flexibility index (Phi) is 7.91. The first-order chi connectivity index (χ1) is 13.0. The zero-order valence-electron chi connectivity index (χ0n) is 15.8. The first-order valence-corrected chi connectivity index (χ1v) is 9.12. The third-order valence-electron chi connectivity index (χ3n) is 4.36. The van der Waals surface area contributed by atoms with Crippen LogP contribution in [0.1, 0.15) is 25.3 Å². The molecule has 1 aromatic carbocycles. The van der Waals surface area contributed by atoms with Crippen molar-refractivity contribution in [2.75, 3.05) is 33.4 Å². The molecule has 1 heterocycles. The van der Waals surface area contributed by atoms with E-state index >= 15 is 0 Å². The fourth-order valence-electron chi connectivity index (χ4n) is 2.87. The Morgan fingerprint density at radius 3 is 2.37 bits per heavy atom. The quantitative estimate of drug-likeness (QED) is 0.741. The molecule has 0 unspecified atom stereocenters. The van der Waals surface area contributed by atoms with E-state index in [1.165, 1.54) is 0 Å². The predicted molar refractivity (Wildman–Crippen MR) is 99.5 cm³/mol. The lowest BCUT2D eigenvalue weighted by Gasteiger charge is -2.31. The average Bonchev–Trinajstić information content (AvgIpc) is 2.68. The summed E-state index contributed by atoms with van der Waals surface area (Å²) in [4.78, 5) is 37.3. The van der Waals surface area contributed by atoms with Crippen molar-refractivity contribution in [2.24, 2.45) is 0 Å². The maximum absolute atomic E-state index is 12.0. The smallest absolute Gasteiger partial charge is 0.409 e. The van der Waals surface area contributed by atoms with Crippen LogP contribution in [0.25, 0.3) is 0 Å². The maximum Gasteiger partial charge on any atom is 0.409 e. The number of amides is 3. The van der Waals surface area contributed by atoms with E-state index in [-0.39, 0.29) is 36.9 Å². The summed E-state index contributed by atoms with van der Waals surface area (Å²) in [6.45, 7) is 3.16. The highest BCUT2D eigenvalue weighted by Gasteiger charge is 2.24. The minimum atomic E-state index is -0.312. The molecule has 0 saturated carbocycles. The Hall–Kier alpha value is -2.77. The highest BCUT2D eigenvalue weighted by atomic mass is 16.6. The molecular weight excluding hydrogens is 350 g/mol. The molecule has 0 atom stereocenters. The van der Waals surface area contributed by atoms with E-state index in [0.29, 0.717) is 32.5 Å². The van der Waals surface area contributed by atoms with E-state index in [2.05, 4.69) is 10.6 Å². The fraction of sp³-hybridized carbons (Fsp3) is 0.526. The highest BCUT2D eigenvalue weighted by Crippen LogP contribution is 2.12. The van der Waals surface area contributed by atoms with Gasteiger partial charge in [-0.1, -0.05) is 12.1 Å². The van der Waals surface area contributed by atoms with Gasteiger partial charge in [0.1, 0.15) is 5.75 Å². The van der Waals surface area contributed by atoms with Crippen molar-refractivity contribution in [1.29, 1.82) is 0 Å². The number of likely N-dealkylation sites (tertiary alicyclic amines) is 1. The summed E-state index contributed by atoms with van der Waals surface area (Å²) in [5, 5.41) is 5.52. The first kappa shape index (κ1) is 20.5. The standard InChI is InChI=1S/C19H27N3O5/c1-3-27-19(25)22-10-8-15(9-11-22)21-18(24)13-20-17(23)12-14-4-6-16(26-2)7-5-14/h4-7,15H,3,8-13H2,1-2H3,(H,20,23)(H,21,24). The van der Waals surface area contributed by atoms with Gasteiger partial charge in [0.25, 0.3) is 0 Å². The number of nitrogens with zero attached hydrogens (tertiary/aromatic N) is 1. The van der Waals surface area contributed by atoms with Crippen LogP contribution in [0.4, 0.5) is 4.79 Å². The Morgan fingerprint density at radius 1 is 1.11 bits per heavy atom. The number of rotatable bonds is 7. The van der Waals surface area contributed by atoms with Crippen molar-refractivity contribution < 1.29 is 23.9 Å². The second-order valence-electron chi connectivity index (χ2n) is 6.33. The number of carbonyl (C=O) groups is 3. The van der Waals surface area contributed by atoms with Gasteiger partial charge in [-0.05, 0) is 37.5 Å². The minimum absolute atomic E-state index is 0.00154. The van der Waals surface area contributed by atoms with Crippen LogP contribution in [-0.4, -0.2) is 62.2 Å². The van der Waals surface area contributed by atoms with Crippen molar-refractivity contribution in [2.45, 2.75) is 32.2 Å². The molecule has 0 aliphatic carbocycles. The molecule has 2 rings (SSSR count). The molecular formula is C19H27N3O5. The lowest BCUT2D eigenvalue weighted by molar-refractivity contribution is -0.126. The van der Waals surface area contributed by atoms with Crippen molar-refractivity contribution in [3.63, 3.8) is 0 Å². The van der Waals surface area contributed by atoms with Crippen molar-refractivity contribution in [3.05, 3.63) is 29.8 Å². The molecule has 8 nitrogen and oxygen atoms in total. The monoisotopic (exact) mass is 377 g/mol. The van der Waals surface area contributed by atoms with Crippen LogP contribution < -0.4 is 15.4 Å². The predicted octanol–water partition coefficient (Wildman–Crippen LogP) is 1.09. The second-order valence-corrected chi connectivity index (χ2v) is 6.33. The minimum Gasteiger partial charge on any atom is -0.497 e. The first-order valence-electron chi connectivity index (χ1n) is 9.12. The van der Waals surface area contributed by atoms with Gasteiger partial charge >= 0.3 is 6.09 Å². The number of piperidine rings is 1. The third kappa shape index (κ3) is 6.80. The van der Waals surface area contributed by atoms with Crippen molar-refractivity contribution in [3.8, 4) is 5.75 Å². The molecule has 1 fully saturated rings. The Bertz CT molecular complexity index is 639. The van der Waals surface area contributed by atoms with E-state index in [9.17, 15) is 14.4 Å². The van der Waals surface area contributed by atoms with Gasteiger partial charge in [-0.25, -0.2) is 4.79 Å². The van der Waals surface area contributed by atoms with E-state index in [1.807, 2.05) is 12.1 Å². The Morgan fingerprint density at radius 2 is 1.78 bits per heavy atom. The van der Waals surface area contributed by atoms with Gasteiger partial charge in [-0.15, -0.1) is 0 Å². The largest absolute Gasteiger partial charge is 0.497 e. The van der Waals surface area contributed by atoms with Crippen LogP contribution in [0.15, 0.2) is 24.3 Å². The van der Waals surface area contributed by atoms with E-state index in [0.717, 1.165) is 11.3 Å². The number of nitrogens with one attached hydrogen (secondary N) is 2. The van der Waals surface area contributed by atoms with Crippen LogP contribution >= 0.6 is 0 Å². The van der Waals surface area contributed by atoms with Gasteiger partial charge < -0.3 is 25.0 Å². The van der Waals surface area contributed by atoms with Gasteiger partial charge in [0.15, 0.2) is 0 Å². The summed E-state index contributed by atoms with van der Waals surface area (Å²) in [6.07, 6.45) is 1.23. The summed E-state index contributed by atoms with van der Waals surface area (Å²) in [5.41, 5.74) is 0.847. The summed E-state index contributed by atoms with van der Waals surface area (Å²) in [7, 11) is 1.58. The number of hydrogen-bond donors (Lipinski definition) is 2. The molecule has 8 heteroatoms. The normalized spacial score (nSPS) is 14.4. The molecule has 0 spiro atoms. The molecule has 148 valence electrons. The Labute approximate surface area is 159 Å². The molecule has 3 amide bonds. The molecule has 2 N–H and O–H groups in total. The molecule has 0 aromatic heterocycles. The molecule has 1 saturated heterocycles. The van der Waals surface area contributed by atoms with Crippen molar-refractivity contribution >= 4 is 17.9 Å². The van der Waals surface area contributed by atoms with Crippen LogP contribution in [0.3, 0.4) is 0 Å². The number of carbonyl (C=O) groups excluding carboxylic acids is 3. The van der Waals surface area contributed by atoms with Gasteiger partial charge in [-0.2, -0.15) is 0 Å². The molecule has 0 radical (unpaired) electrons. The Balaban J connectivity index is 1.65. The van der Waals surface area contributed by atoms with Crippen LogP contribution in [0, 0.1) is 0 Å². The fourth-order valence-corrected chi connectivity index (χ4v) is 2.87. The van der Waals surface area contributed by atoms with Crippen LogP contribution in [0.2, 0.25) is 0 Å². The van der Waals surface area contributed by atoms with Gasteiger partial charge in [0, 0.05) is 19.1 Å². The summed E-state index contributed by atoms with van der Waals surface area (Å²) >= 11 is 0. The lowest BCUT2D eigenvalue weighted by atomic mass is 10.1. The third-order valence-corrected chi connectivity index (χ3v) is 4.36. The molecule has 27 heavy (non-hydrogen) atoms. The molecule has 0 bridgehead atoms. The number of benzene rings is 1. The summed E-state index contributed by atoms with van der Waals surface area (Å²) in [5.74, 6) is 0.285. The maximum atomic E-state index is 12.0. The SMILES string of the molecule is CCOC(=O)N1CCC(NC(=O)CNC(=O)Cc2ccc(OC)cc2)CC1. The molecule has 1 aliphatic rings. The van der Waals surface area contributed by atoms with Gasteiger partial charge in [0.2, 0.25) is 11.8 Å². The molecule has 1 aromatic rings. The van der Waals surface area contributed by atoms with Crippen molar-refractivity contribution in [1.82, 2.24) is 15.5 Å². The number of methoxy groups -OCH3 is 1. The number of ether oxygens (including phenoxy) is 2. The second kappa shape index (κ2) is 10.4. The topological polar surface area (TPSA) is 97.0 Å². The van der Waals surface area contributed by atoms with Gasteiger partial charge in [0.05, 0.1) is 26.7 Å². The highest BCUT2D eigenvalue weighted by molar-refractivity contribution is 5.85. The summed E-state index contributed by atoms with van der Waals surface area (Å²) in [6, 6.07) is 7.21. The molecule has 1 aliphatic heterocycles. The summed E-state index contributed by atoms with van der Waals surface area (Å²) < 4.78 is 10.0. The lowest BCUT2D eigenvalue weighted by Crippen LogP contribution is -2.48. The van der Waals surface area contributed by atoms with E-state index in [4.69, 9.17) is 9.47 Å². The van der Waals surface area contributed by atoms with E-state index in [1.54, 1.807) is 31.1 Å². The average molecular weight is 377 g/mol. The number of hydrogen-bond acceptors (Lipinski definition) is 5.